The number of nitrogens with zero attached hydrogens (tertiary/aromatic N) is 1. The van der Waals surface area contributed by atoms with E-state index in [1.807, 2.05) is 0 Å². The second kappa shape index (κ2) is 6.33. The van der Waals surface area contributed by atoms with Crippen LogP contribution in [-0.4, -0.2) is 16.1 Å². The van der Waals surface area contributed by atoms with Gasteiger partial charge in [-0.05, 0) is 50.8 Å². The van der Waals surface area contributed by atoms with Crippen LogP contribution < -0.4 is 0 Å². The molecule has 1 heterocycles. The van der Waals surface area contributed by atoms with Crippen molar-refractivity contribution in [1.82, 2.24) is 4.57 Å². The van der Waals surface area contributed by atoms with Gasteiger partial charge in [0.2, 0.25) is 0 Å². The number of thioether (sulfide) groups is 1. The minimum atomic E-state index is 0.263. The lowest BCUT2D eigenvalue weighted by Crippen LogP contribution is -2.06. The first kappa shape index (κ1) is 15.4. The summed E-state index contributed by atoms with van der Waals surface area (Å²) in [6, 6.07) is 11.1. The zero-order valence-corrected chi connectivity index (χ0v) is 14.4. The van der Waals surface area contributed by atoms with Crippen molar-refractivity contribution in [2.45, 2.75) is 45.4 Å². The predicted octanol–water partition coefficient (Wildman–Crippen LogP) is 4.86. The molecule has 0 aliphatic heterocycles. The fraction of sp³-hybridized carbons (Fsp3) is 0.421. The molecule has 116 valence electrons. The molecule has 0 amide bonds. The minimum Gasteiger partial charge on any atom is -0.345 e. The highest BCUT2D eigenvalue weighted by atomic mass is 32.2. The Hall–Kier alpha value is -1.48. The first-order chi connectivity index (χ1) is 10.6. The van der Waals surface area contributed by atoms with Gasteiger partial charge in [0, 0.05) is 28.7 Å². The van der Waals surface area contributed by atoms with E-state index >= 15 is 0 Å². The van der Waals surface area contributed by atoms with E-state index in [1.54, 1.807) is 11.8 Å². The molecule has 3 heteroatoms. The summed E-state index contributed by atoms with van der Waals surface area (Å²) in [6.45, 7) is 6.33. The number of ketones is 1. The fourth-order valence-electron chi connectivity index (χ4n) is 3.06. The molecule has 0 unspecified atom stereocenters. The van der Waals surface area contributed by atoms with Gasteiger partial charge in [0.05, 0.1) is 5.75 Å². The largest absolute Gasteiger partial charge is 0.345 e. The summed E-state index contributed by atoms with van der Waals surface area (Å²) in [7, 11) is 0. The van der Waals surface area contributed by atoms with E-state index in [2.05, 4.69) is 55.7 Å². The summed E-state index contributed by atoms with van der Waals surface area (Å²) in [4.78, 5) is 12.5. The minimum absolute atomic E-state index is 0.263. The maximum atomic E-state index is 12.5. The molecule has 1 aromatic carbocycles. The number of aromatic nitrogens is 1. The van der Waals surface area contributed by atoms with Gasteiger partial charge in [-0.15, -0.1) is 11.8 Å². The quantitative estimate of drug-likeness (QED) is 0.710. The Morgan fingerprint density at radius 3 is 2.64 bits per heavy atom. The van der Waals surface area contributed by atoms with Gasteiger partial charge in [0.1, 0.15) is 0 Å². The third-order valence-electron chi connectivity index (χ3n) is 4.45. The molecule has 1 aliphatic carbocycles. The van der Waals surface area contributed by atoms with Crippen LogP contribution in [0.15, 0.2) is 30.3 Å². The molecule has 0 radical (unpaired) electrons. The first-order valence-corrected chi connectivity index (χ1v) is 9.07. The van der Waals surface area contributed by atoms with Gasteiger partial charge in [0.25, 0.3) is 0 Å². The van der Waals surface area contributed by atoms with E-state index < -0.39 is 0 Å². The van der Waals surface area contributed by atoms with E-state index in [9.17, 15) is 4.79 Å². The molecular weight excluding hydrogens is 290 g/mol. The number of hydrogen-bond acceptors (Lipinski definition) is 2. The zero-order chi connectivity index (χ0) is 15.7. The Labute approximate surface area is 136 Å². The molecule has 0 bridgehead atoms. The number of hydrogen-bond donors (Lipinski definition) is 0. The molecule has 3 rings (SSSR count). The van der Waals surface area contributed by atoms with Gasteiger partial charge in [0.15, 0.2) is 5.78 Å². The smallest absolute Gasteiger partial charge is 0.174 e. The van der Waals surface area contributed by atoms with Gasteiger partial charge >= 0.3 is 0 Å². The summed E-state index contributed by atoms with van der Waals surface area (Å²) < 4.78 is 2.35. The Bertz CT molecular complexity index is 697. The van der Waals surface area contributed by atoms with Gasteiger partial charge in [-0.25, -0.2) is 0 Å². The normalized spacial score (nSPS) is 14.3. The molecule has 1 aromatic heterocycles. The van der Waals surface area contributed by atoms with E-state index in [4.69, 9.17) is 0 Å². The van der Waals surface area contributed by atoms with Crippen LogP contribution >= 0.6 is 11.8 Å². The summed E-state index contributed by atoms with van der Waals surface area (Å²) in [5.74, 6) is 1.72. The number of Topliss-reactive ketones (excluding diaryl/α,β-unsaturated/α-hetero) is 1. The van der Waals surface area contributed by atoms with Crippen molar-refractivity contribution in [2.24, 2.45) is 0 Å². The van der Waals surface area contributed by atoms with Crippen LogP contribution in [0.4, 0.5) is 0 Å². The van der Waals surface area contributed by atoms with Crippen LogP contribution in [0.5, 0.6) is 0 Å². The monoisotopic (exact) mass is 313 g/mol. The molecule has 0 N–H and O–H groups in total. The lowest BCUT2D eigenvalue weighted by atomic mass is 10.1. The van der Waals surface area contributed by atoms with Crippen molar-refractivity contribution in [1.29, 1.82) is 0 Å². The Balaban J connectivity index is 1.63. The van der Waals surface area contributed by atoms with Gasteiger partial charge in [-0.2, -0.15) is 0 Å². The van der Waals surface area contributed by atoms with E-state index in [1.165, 1.54) is 29.7 Å². The van der Waals surface area contributed by atoms with Crippen LogP contribution in [0.2, 0.25) is 0 Å². The third-order valence-corrected chi connectivity index (χ3v) is 5.43. The Morgan fingerprint density at radius 1 is 1.23 bits per heavy atom. The second-order valence-electron chi connectivity index (χ2n) is 6.23. The summed E-state index contributed by atoms with van der Waals surface area (Å²) in [5.41, 5.74) is 5.92. The Morgan fingerprint density at radius 2 is 1.95 bits per heavy atom. The average molecular weight is 313 g/mol. The topological polar surface area (TPSA) is 22.0 Å². The van der Waals surface area contributed by atoms with Gasteiger partial charge in [-0.3, -0.25) is 4.79 Å². The van der Waals surface area contributed by atoms with Crippen LogP contribution in [0.3, 0.4) is 0 Å². The van der Waals surface area contributed by atoms with Crippen LogP contribution in [0.25, 0.3) is 0 Å². The average Bonchev–Trinajstić information content (AvgIpc) is 3.27. The van der Waals surface area contributed by atoms with Crippen molar-refractivity contribution in [3.63, 3.8) is 0 Å². The maximum Gasteiger partial charge on any atom is 0.174 e. The summed E-state index contributed by atoms with van der Waals surface area (Å²) in [6.07, 6.45) is 2.51. The molecule has 2 nitrogen and oxygen atoms in total. The van der Waals surface area contributed by atoms with Crippen molar-refractivity contribution in [2.75, 3.05) is 5.75 Å². The maximum absolute atomic E-state index is 12.5. The Kier molecular flexibility index (Phi) is 4.44. The van der Waals surface area contributed by atoms with E-state index in [0.717, 1.165) is 17.0 Å². The molecule has 1 saturated carbocycles. The molecule has 2 aromatic rings. The van der Waals surface area contributed by atoms with Crippen LogP contribution in [0, 0.1) is 20.8 Å². The summed E-state index contributed by atoms with van der Waals surface area (Å²) >= 11 is 1.71. The molecule has 1 fully saturated rings. The molecule has 0 atom stereocenters. The van der Waals surface area contributed by atoms with Crippen molar-refractivity contribution in [3.05, 3.63) is 58.4 Å². The number of aryl methyl sites for hydroxylation is 2. The predicted molar refractivity (Wildman–Crippen MR) is 93.8 cm³/mol. The highest BCUT2D eigenvalue weighted by Gasteiger charge is 2.28. The molecule has 0 spiro atoms. The van der Waals surface area contributed by atoms with Crippen LogP contribution in [-0.2, 0) is 5.75 Å². The SMILES string of the molecule is Cc1ccccc1CSCC(=O)c1cc(C)n(C2CC2)c1C. The summed E-state index contributed by atoms with van der Waals surface area (Å²) in [5, 5.41) is 0. The van der Waals surface area contributed by atoms with E-state index in [0.29, 0.717) is 11.8 Å². The van der Waals surface area contributed by atoms with Crippen molar-refractivity contribution < 1.29 is 4.79 Å². The molecule has 1 aliphatic rings. The third kappa shape index (κ3) is 3.14. The zero-order valence-electron chi connectivity index (χ0n) is 13.6. The van der Waals surface area contributed by atoms with Gasteiger partial charge < -0.3 is 4.57 Å². The van der Waals surface area contributed by atoms with Crippen LogP contribution in [0.1, 0.15) is 51.8 Å². The lowest BCUT2D eigenvalue weighted by Gasteiger charge is -2.08. The molecule has 22 heavy (non-hydrogen) atoms. The molecular formula is C19H23NOS. The molecule has 0 saturated heterocycles. The highest BCUT2D eigenvalue weighted by Crippen LogP contribution is 2.38. The highest BCUT2D eigenvalue weighted by molar-refractivity contribution is 7.99. The number of rotatable bonds is 6. The van der Waals surface area contributed by atoms with E-state index in [-0.39, 0.29) is 5.78 Å². The van der Waals surface area contributed by atoms with Gasteiger partial charge in [-0.1, -0.05) is 24.3 Å². The fourth-order valence-corrected chi connectivity index (χ4v) is 4.04. The van der Waals surface area contributed by atoms with Crippen molar-refractivity contribution in [3.8, 4) is 0 Å². The van der Waals surface area contributed by atoms with Crippen molar-refractivity contribution >= 4 is 17.5 Å². The first-order valence-electron chi connectivity index (χ1n) is 7.92. The second-order valence-corrected chi connectivity index (χ2v) is 7.21. The standard InChI is InChI=1S/C19H23NOS/c1-13-6-4-5-7-16(13)11-22-12-19(21)18-10-14(2)20(15(18)3)17-8-9-17/h4-7,10,17H,8-9,11-12H2,1-3H3. The number of benzene rings is 1. The lowest BCUT2D eigenvalue weighted by molar-refractivity contribution is 0.102. The number of carbonyl (C=O) groups excluding carboxylic acids is 1. The number of carbonyl (C=O) groups is 1.